The molecule has 0 aliphatic heterocycles. The molecular weight excluding hydrogens is 224 g/mol. The van der Waals surface area contributed by atoms with Crippen LogP contribution in [0, 0.1) is 6.92 Å². The second-order valence-corrected chi connectivity index (χ2v) is 4.02. The molecule has 0 aromatic heterocycles. The van der Waals surface area contributed by atoms with E-state index < -0.39 is 0 Å². The van der Waals surface area contributed by atoms with Crippen molar-refractivity contribution >= 4 is 28.2 Å². The Hall–Kier alpha value is -1.74. The molecule has 4 heteroatoms. The second kappa shape index (κ2) is 4.02. The van der Waals surface area contributed by atoms with Crippen LogP contribution in [0.25, 0.3) is 10.8 Å². The molecule has 0 fully saturated rings. The molecule has 0 spiro atoms. The summed E-state index contributed by atoms with van der Waals surface area (Å²) in [5.74, 6) is 0.111. The Morgan fingerprint density at radius 3 is 2.81 bits per heavy atom. The standard InChI is InChI=1S/C12H11ClN2O/c1-7-5-10-8(3-2-4-11(10)13)6-9(7)12(14)15-16/h2-6,16H,1H3,(H2,14,15). The van der Waals surface area contributed by atoms with E-state index >= 15 is 0 Å². The van der Waals surface area contributed by atoms with Crippen LogP contribution in [0.3, 0.4) is 0 Å². The Morgan fingerprint density at radius 1 is 1.38 bits per heavy atom. The third-order valence-electron chi connectivity index (χ3n) is 2.56. The van der Waals surface area contributed by atoms with Gasteiger partial charge < -0.3 is 10.9 Å². The van der Waals surface area contributed by atoms with E-state index in [4.69, 9.17) is 22.5 Å². The van der Waals surface area contributed by atoms with E-state index in [2.05, 4.69) is 5.16 Å². The molecule has 3 nitrogen and oxygen atoms in total. The van der Waals surface area contributed by atoms with Gasteiger partial charge in [-0.2, -0.15) is 0 Å². The van der Waals surface area contributed by atoms with Crippen LogP contribution in [-0.4, -0.2) is 11.0 Å². The van der Waals surface area contributed by atoms with E-state index in [9.17, 15) is 0 Å². The molecule has 0 aliphatic rings. The summed E-state index contributed by atoms with van der Waals surface area (Å²) in [5, 5.41) is 14.3. The molecule has 16 heavy (non-hydrogen) atoms. The highest BCUT2D eigenvalue weighted by molar-refractivity contribution is 6.35. The fraction of sp³-hybridized carbons (Fsp3) is 0.0833. The number of oxime groups is 1. The first kappa shape index (κ1) is 10.8. The van der Waals surface area contributed by atoms with Gasteiger partial charge in [0.25, 0.3) is 0 Å². The number of rotatable bonds is 1. The van der Waals surface area contributed by atoms with Gasteiger partial charge in [0.1, 0.15) is 0 Å². The maximum atomic E-state index is 8.68. The first-order valence-corrected chi connectivity index (χ1v) is 5.18. The quantitative estimate of drug-likeness (QED) is 0.345. The summed E-state index contributed by atoms with van der Waals surface area (Å²) in [6.45, 7) is 1.90. The summed E-state index contributed by atoms with van der Waals surface area (Å²) in [5.41, 5.74) is 7.24. The first-order chi connectivity index (χ1) is 7.63. The van der Waals surface area contributed by atoms with Crippen molar-refractivity contribution in [3.63, 3.8) is 0 Å². The summed E-state index contributed by atoms with van der Waals surface area (Å²) in [4.78, 5) is 0. The van der Waals surface area contributed by atoms with Crippen LogP contribution in [0.15, 0.2) is 35.5 Å². The van der Waals surface area contributed by atoms with Crippen molar-refractivity contribution in [1.82, 2.24) is 0 Å². The molecule has 0 heterocycles. The number of aryl methyl sites for hydroxylation is 1. The number of nitrogens with two attached hydrogens (primary N) is 1. The zero-order valence-corrected chi connectivity index (χ0v) is 9.49. The van der Waals surface area contributed by atoms with Gasteiger partial charge in [0.15, 0.2) is 5.84 Å². The molecule has 0 saturated carbocycles. The highest BCUT2D eigenvalue weighted by Crippen LogP contribution is 2.26. The van der Waals surface area contributed by atoms with Crippen LogP contribution in [0.2, 0.25) is 5.02 Å². The molecule has 2 rings (SSSR count). The van der Waals surface area contributed by atoms with Gasteiger partial charge >= 0.3 is 0 Å². The van der Waals surface area contributed by atoms with Crippen molar-refractivity contribution in [3.05, 3.63) is 46.5 Å². The van der Waals surface area contributed by atoms with Gasteiger partial charge in [-0.25, -0.2) is 0 Å². The molecule has 82 valence electrons. The molecule has 2 aromatic rings. The molecule has 0 atom stereocenters. The fourth-order valence-electron chi connectivity index (χ4n) is 1.73. The van der Waals surface area contributed by atoms with Crippen LogP contribution in [-0.2, 0) is 0 Å². The van der Waals surface area contributed by atoms with E-state index in [1.165, 1.54) is 0 Å². The summed E-state index contributed by atoms with van der Waals surface area (Å²) >= 11 is 6.08. The normalized spacial score (nSPS) is 12.0. The van der Waals surface area contributed by atoms with Gasteiger partial charge in [0.2, 0.25) is 0 Å². The van der Waals surface area contributed by atoms with Gasteiger partial charge in [-0.3, -0.25) is 0 Å². The molecule has 0 aliphatic carbocycles. The first-order valence-electron chi connectivity index (χ1n) is 4.80. The maximum Gasteiger partial charge on any atom is 0.170 e. The number of amidine groups is 1. The molecule has 3 N–H and O–H groups in total. The number of hydrogen-bond acceptors (Lipinski definition) is 2. The van der Waals surface area contributed by atoms with Crippen molar-refractivity contribution in [2.24, 2.45) is 10.9 Å². The molecular formula is C12H11ClN2O. The van der Waals surface area contributed by atoms with E-state index in [1.807, 2.05) is 37.3 Å². The lowest BCUT2D eigenvalue weighted by Gasteiger charge is -2.07. The van der Waals surface area contributed by atoms with Crippen LogP contribution in [0.1, 0.15) is 11.1 Å². The van der Waals surface area contributed by atoms with E-state index in [0.717, 1.165) is 21.9 Å². The molecule has 0 radical (unpaired) electrons. The number of halogens is 1. The van der Waals surface area contributed by atoms with Gasteiger partial charge in [-0.1, -0.05) is 28.9 Å². The van der Waals surface area contributed by atoms with Crippen molar-refractivity contribution < 1.29 is 5.21 Å². The van der Waals surface area contributed by atoms with Crippen molar-refractivity contribution in [2.75, 3.05) is 0 Å². The van der Waals surface area contributed by atoms with E-state index in [1.54, 1.807) is 0 Å². The van der Waals surface area contributed by atoms with Crippen LogP contribution < -0.4 is 5.73 Å². The minimum Gasteiger partial charge on any atom is -0.409 e. The fourth-order valence-corrected chi connectivity index (χ4v) is 1.96. The molecule has 0 bridgehead atoms. The van der Waals surface area contributed by atoms with Gasteiger partial charge in [0, 0.05) is 16.0 Å². The van der Waals surface area contributed by atoms with Crippen molar-refractivity contribution in [3.8, 4) is 0 Å². The van der Waals surface area contributed by atoms with Crippen LogP contribution in [0.5, 0.6) is 0 Å². The minimum absolute atomic E-state index is 0.111. The Balaban J connectivity index is 2.77. The smallest absolute Gasteiger partial charge is 0.170 e. The molecule has 0 saturated heterocycles. The zero-order valence-electron chi connectivity index (χ0n) is 8.74. The number of hydrogen-bond donors (Lipinski definition) is 2. The van der Waals surface area contributed by atoms with E-state index in [0.29, 0.717) is 5.02 Å². The topological polar surface area (TPSA) is 58.6 Å². The van der Waals surface area contributed by atoms with Gasteiger partial charge in [-0.15, -0.1) is 0 Å². The molecule has 2 aromatic carbocycles. The predicted molar refractivity (Wildman–Crippen MR) is 66.2 cm³/mol. The van der Waals surface area contributed by atoms with Crippen LogP contribution >= 0.6 is 11.6 Å². The summed E-state index contributed by atoms with van der Waals surface area (Å²) in [6.07, 6.45) is 0. The summed E-state index contributed by atoms with van der Waals surface area (Å²) in [6, 6.07) is 9.45. The van der Waals surface area contributed by atoms with Gasteiger partial charge in [-0.05, 0) is 36.1 Å². The monoisotopic (exact) mass is 234 g/mol. The average Bonchev–Trinajstić information content (AvgIpc) is 2.29. The summed E-state index contributed by atoms with van der Waals surface area (Å²) < 4.78 is 0. The van der Waals surface area contributed by atoms with Crippen molar-refractivity contribution in [2.45, 2.75) is 6.92 Å². The molecule has 0 amide bonds. The highest BCUT2D eigenvalue weighted by atomic mass is 35.5. The van der Waals surface area contributed by atoms with E-state index in [-0.39, 0.29) is 5.84 Å². The van der Waals surface area contributed by atoms with Crippen molar-refractivity contribution in [1.29, 1.82) is 0 Å². The lowest BCUT2D eigenvalue weighted by Crippen LogP contribution is -2.14. The minimum atomic E-state index is 0.111. The number of fused-ring (bicyclic) bond motifs is 1. The average molecular weight is 235 g/mol. The van der Waals surface area contributed by atoms with Crippen LogP contribution in [0.4, 0.5) is 0 Å². The zero-order chi connectivity index (χ0) is 11.7. The Kier molecular flexibility index (Phi) is 2.71. The highest BCUT2D eigenvalue weighted by Gasteiger charge is 2.07. The third kappa shape index (κ3) is 1.70. The largest absolute Gasteiger partial charge is 0.409 e. The maximum absolute atomic E-state index is 8.68. The number of nitrogens with zero attached hydrogens (tertiary/aromatic N) is 1. The lowest BCUT2D eigenvalue weighted by molar-refractivity contribution is 0.318. The van der Waals surface area contributed by atoms with Gasteiger partial charge in [0.05, 0.1) is 0 Å². The SMILES string of the molecule is Cc1cc2c(Cl)cccc2cc1C(N)=NO. The second-order valence-electron chi connectivity index (χ2n) is 3.61. The predicted octanol–water partition coefficient (Wildman–Crippen LogP) is 2.90. The number of benzene rings is 2. The Labute approximate surface area is 98.1 Å². The third-order valence-corrected chi connectivity index (χ3v) is 2.89. The Morgan fingerprint density at radius 2 is 2.12 bits per heavy atom. The molecule has 0 unspecified atom stereocenters. The summed E-state index contributed by atoms with van der Waals surface area (Å²) in [7, 11) is 0. The Bertz CT molecular complexity index is 578. The lowest BCUT2D eigenvalue weighted by atomic mass is 10.0.